The van der Waals surface area contributed by atoms with Crippen LogP contribution in [0.2, 0.25) is 0 Å². The second-order valence-electron chi connectivity index (χ2n) is 8.22. The van der Waals surface area contributed by atoms with Crippen LogP contribution in [0.5, 0.6) is 0 Å². The van der Waals surface area contributed by atoms with Crippen LogP contribution in [0.25, 0.3) is 10.9 Å². The normalized spacial score (nSPS) is 14.4. The number of carbonyl (C=O) groups excluding carboxylic acids is 2. The number of ether oxygens (including phenoxy) is 1. The van der Waals surface area contributed by atoms with Crippen molar-refractivity contribution in [1.82, 2.24) is 9.47 Å². The molecule has 1 aliphatic rings. The van der Waals surface area contributed by atoms with E-state index in [0.717, 1.165) is 6.07 Å². The van der Waals surface area contributed by atoms with Crippen molar-refractivity contribution >= 4 is 28.7 Å². The number of amides is 1. The van der Waals surface area contributed by atoms with Crippen molar-refractivity contribution in [1.29, 1.82) is 0 Å². The van der Waals surface area contributed by atoms with Crippen molar-refractivity contribution in [3.8, 4) is 0 Å². The molecule has 0 N–H and O–H groups in total. The predicted octanol–water partition coefficient (Wildman–Crippen LogP) is -1.41. The maximum atomic E-state index is 14.9. The number of halogens is 1. The predicted molar refractivity (Wildman–Crippen MR) is 108 cm³/mol. The fourth-order valence-electron chi connectivity index (χ4n) is 3.51. The van der Waals surface area contributed by atoms with Gasteiger partial charge >= 0.3 is 57.5 Å². The average molecular weight is 458 g/mol. The molecule has 2 heterocycles. The molecule has 0 atom stereocenters. The van der Waals surface area contributed by atoms with Crippen LogP contribution in [0.1, 0.15) is 38.1 Å². The van der Waals surface area contributed by atoms with Gasteiger partial charge in [-0.2, -0.15) is 0 Å². The van der Waals surface area contributed by atoms with E-state index in [4.69, 9.17) is 4.74 Å². The molecule has 1 fully saturated rings. The number of hydrogen-bond donors (Lipinski definition) is 0. The van der Waals surface area contributed by atoms with E-state index in [9.17, 15) is 23.9 Å². The molecule has 10 heteroatoms. The Morgan fingerprint density at radius 3 is 2.29 bits per heavy atom. The van der Waals surface area contributed by atoms with Gasteiger partial charge in [-0.15, -0.1) is 0 Å². The summed E-state index contributed by atoms with van der Waals surface area (Å²) in [6.45, 7) is 9.12. The van der Waals surface area contributed by atoms with Gasteiger partial charge < -0.3 is 29.0 Å². The van der Waals surface area contributed by atoms with E-state index in [-0.39, 0.29) is 56.8 Å². The molecule has 8 nitrogen and oxygen atoms in total. The number of carboxylic acid groups (broad SMARTS) is 1. The summed E-state index contributed by atoms with van der Waals surface area (Å²) in [6.07, 6.45) is 0.818. The summed E-state index contributed by atoms with van der Waals surface area (Å²) in [5.74, 6) is -2.21. The second-order valence-corrected chi connectivity index (χ2v) is 8.22. The zero-order valence-corrected chi connectivity index (χ0v) is 21.7. The fourth-order valence-corrected chi connectivity index (χ4v) is 3.51. The third kappa shape index (κ3) is 5.67. The number of piperazine rings is 1. The molecule has 2 aromatic rings. The summed E-state index contributed by atoms with van der Waals surface area (Å²) in [6, 6.07) is 2.63. The van der Waals surface area contributed by atoms with Crippen molar-refractivity contribution in [3.63, 3.8) is 0 Å². The van der Waals surface area contributed by atoms with Crippen LogP contribution in [-0.4, -0.2) is 53.3 Å². The molecule has 0 aliphatic carbocycles. The zero-order valence-electron chi connectivity index (χ0n) is 18.5. The minimum atomic E-state index is -1.59. The first-order valence-electron chi connectivity index (χ1n) is 9.82. The molecule has 1 amide bonds. The Hall–Kier alpha value is -1.46. The van der Waals surface area contributed by atoms with Crippen LogP contribution >= 0.6 is 0 Å². The van der Waals surface area contributed by atoms with Crippen LogP contribution in [-0.2, 0) is 11.3 Å². The van der Waals surface area contributed by atoms with Gasteiger partial charge in [0.15, 0.2) is 5.43 Å². The van der Waals surface area contributed by atoms with Crippen molar-refractivity contribution in [2.24, 2.45) is 0 Å². The van der Waals surface area contributed by atoms with Crippen LogP contribution in [0.3, 0.4) is 0 Å². The molecule has 1 aromatic carbocycles. The SMILES string of the molecule is CCn1cc(C(=O)[O-])c(=O)c2cc(F)c(N3CCN(C(=O)OC(C)(C)C)CC3)cc21.[K+]. The molecule has 0 bridgehead atoms. The van der Waals surface area contributed by atoms with Gasteiger partial charge in [0.05, 0.1) is 22.7 Å². The number of anilines is 1. The Balaban J connectivity index is 0.00000341. The number of aromatic carboxylic acids is 1. The van der Waals surface area contributed by atoms with Gasteiger partial charge in [0.2, 0.25) is 0 Å². The van der Waals surface area contributed by atoms with Gasteiger partial charge in [-0.3, -0.25) is 4.79 Å². The van der Waals surface area contributed by atoms with Gasteiger partial charge in [0.1, 0.15) is 11.4 Å². The number of benzene rings is 1. The summed E-state index contributed by atoms with van der Waals surface area (Å²) >= 11 is 0. The molecular formula is C21H25FKN3O5. The number of carboxylic acids is 1. The number of nitrogens with zero attached hydrogens (tertiary/aromatic N) is 3. The Kier molecular flexibility index (Phi) is 8.31. The van der Waals surface area contributed by atoms with Crippen molar-refractivity contribution in [2.75, 3.05) is 31.1 Å². The van der Waals surface area contributed by atoms with Gasteiger partial charge in [-0.25, -0.2) is 9.18 Å². The molecule has 1 saturated heterocycles. The van der Waals surface area contributed by atoms with E-state index in [2.05, 4.69) is 0 Å². The first-order chi connectivity index (χ1) is 14.0. The quantitative estimate of drug-likeness (QED) is 0.526. The van der Waals surface area contributed by atoms with E-state index in [0.29, 0.717) is 43.9 Å². The maximum absolute atomic E-state index is 14.9. The van der Waals surface area contributed by atoms with Crippen molar-refractivity contribution in [3.05, 3.63) is 39.9 Å². The van der Waals surface area contributed by atoms with E-state index >= 15 is 0 Å². The fraction of sp³-hybridized carbons (Fsp3) is 0.476. The molecule has 1 aromatic heterocycles. The molecule has 3 rings (SSSR count). The van der Waals surface area contributed by atoms with Gasteiger partial charge in [-0.1, -0.05) is 0 Å². The molecule has 0 radical (unpaired) electrons. The van der Waals surface area contributed by atoms with Gasteiger partial charge in [0.25, 0.3) is 0 Å². The molecule has 31 heavy (non-hydrogen) atoms. The van der Waals surface area contributed by atoms with Crippen molar-refractivity contribution < 1.29 is 75.2 Å². The first kappa shape index (κ1) is 25.8. The molecule has 1 aliphatic heterocycles. The summed E-state index contributed by atoms with van der Waals surface area (Å²) in [5, 5.41) is 11.2. The first-order valence-corrected chi connectivity index (χ1v) is 9.82. The van der Waals surface area contributed by atoms with E-state index in [1.165, 1.54) is 6.20 Å². The van der Waals surface area contributed by atoms with Crippen LogP contribution in [0.15, 0.2) is 23.1 Å². The zero-order chi connectivity index (χ0) is 22.2. The number of hydrogen-bond acceptors (Lipinski definition) is 6. The third-order valence-corrected chi connectivity index (χ3v) is 4.98. The summed E-state index contributed by atoms with van der Waals surface area (Å²) in [4.78, 5) is 39.3. The molecule has 0 unspecified atom stereocenters. The smallest absolute Gasteiger partial charge is 0.545 e. The second kappa shape index (κ2) is 9.99. The third-order valence-electron chi connectivity index (χ3n) is 4.98. The Morgan fingerprint density at radius 1 is 1.16 bits per heavy atom. The van der Waals surface area contributed by atoms with Gasteiger partial charge in [-0.05, 0) is 39.8 Å². The minimum absolute atomic E-state index is 0. The number of aromatic nitrogens is 1. The molecule has 0 saturated carbocycles. The summed E-state index contributed by atoms with van der Waals surface area (Å²) in [5.41, 5.74) is -1.11. The minimum Gasteiger partial charge on any atom is -0.545 e. The van der Waals surface area contributed by atoms with Crippen LogP contribution in [0, 0.1) is 5.82 Å². The van der Waals surface area contributed by atoms with Crippen LogP contribution in [0.4, 0.5) is 14.9 Å². The number of rotatable bonds is 3. The van der Waals surface area contributed by atoms with Gasteiger partial charge in [0, 0.05) is 44.3 Å². The number of aryl methyl sites for hydroxylation is 1. The largest absolute Gasteiger partial charge is 1.00 e. The average Bonchev–Trinajstić information content (AvgIpc) is 2.67. The maximum Gasteiger partial charge on any atom is 1.00 e. The Labute approximate surface area is 222 Å². The Morgan fingerprint density at radius 2 is 1.77 bits per heavy atom. The number of pyridine rings is 1. The monoisotopic (exact) mass is 457 g/mol. The summed E-state index contributed by atoms with van der Waals surface area (Å²) in [7, 11) is 0. The van der Waals surface area contributed by atoms with Crippen LogP contribution < -0.4 is 66.8 Å². The van der Waals surface area contributed by atoms with E-state index in [1.54, 1.807) is 48.1 Å². The van der Waals surface area contributed by atoms with Crippen molar-refractivity contribution in [2.45, 2.75) is 39.8 Å². The van der Waals surface area contributed by atoms with E-state index < -0.39 is 34.5 Å². The standard InChI is InChI=1S/C21H26FN3O5.K/c1-5-23-12-14(19(27)28)18(26)13-10-15(22)17(11-16(13)23)24-6-8-25(9-7-24)20(29)30-21(2,3)4;/h10-12H,5-9H2,1-4H3,(H,27,28);/q;+1/p-1. The molecular weight excluding hydrogens is 432 g/mol. The topological polar surface area (TPSA) is 94.9 Å². The summed E-state index contributed by atoms with van der Waals surface area (Å²) < 4.78 is 21.8. The molecule has 0 spiro atoms. The van der Waals surface area contributed by atoms with E-state index in [1.807, 2.05) is 0 Å². The Bertz CT molecular complexity index is 1060. The number of fused-ring (bicyclic) bond motifs is 1. The molecule has 162 valence electrons. The number of carbonyl (C=O) groups is 2.